The second kappa shape index (κ2) is 5.94. The zero-order valence-corrected chi connectivity index (χ0v) is 11.1. The lowest BCUT2D eigenvalue weighted by molar-refractivity contribution is 0.0427. The van der Waals surface area contributed by atoms with Crippen molar-refractivity contribution < 1.29 is 14.2 Å². The molecule has 94 valence electrons. The Labute approximate surface area is 109 Å². The fourth-order valence-electron chi connectivity index (χ4n) is 2.24. The van der Waals surface area contributed by atoms with E-state index in [2.05, 4.69) is 15.9 Å². The number of hydrogen-bond acceptors (Lipinski definition) is 2. The molecule has 0 amide bonds. The van der Waals surface area contributed by atoms with E-state index < -0.39 is 6.10 Å². The molecule has 1 unspecified atom stereocenters. The molecule has 2 nitrogen and oxygen atoms in total. The molecule has 4 heteroatoms. The molecule has 0 saturated carbocycles. The van der Waals surface area contributed by atoms with Gasteiger partial charge in [-0.15, -0.1) is 0 Å². The van der Waals surface area contributed by atoms with E-state index in [0.717, 1.165) is 26.1 Å². The van der Waals surface area contributed by atoms with E-state index in [4.69, 9.17) is 4.74 Å². The molecule has 1 aromatic carbocycles. The fourth-order valence-corrected chi connectivity index (χ4v) is 2.85. The van der Waals surface area contributed by atoms with Crippen molar-refractivity contribution in [1.82, 2.24) is 0 Å². The average molecular weight is 303 g/mol. The van der Waals surface area contributed by atoms with Gasteiger partial charge in [0.2, 0.25) is 0 Å². The molecule has 1 saturated heterocycles. The molecule has 17 heavy (non-hydrogen) atoms. The summed E-state index contributed by atoms with van der Waals surface area (Å²) < 4.78 is 19.5. The van der Waals surface area contributed by atoms with E-state index in [1.165, 1.54) is 6.07 Å². The van der Waals surface area contributed by atoms with Crippen LogP contribution in [0.5, 0.6) is 0 Å². The van der Waals surface area contributed by atoms with Crippen molar-refractivity contribution in [3.8, 4) is 0 Å². The highest BCUT2D eigenvalue weighted by molar-refractivity contribution is 9.10. The van der Waals surface area contributed by atoms with Crippen LogP contribution in [-0.4, -0.2) is 18.3 Å². The number of rotatable bonds is 3. The minimum Gasteiger partial charge on any atom is -0.388 e. The maximum Gasteiger partial charge on any atom is 0.130 e. The highest BCUT2D eigenvalue weighted by Crippen LogP contribution is 2.32. The quantitative estimate of drug-likeness (QED) is 0.927. The van der Waals surface area contributed by atoms with Crippen molar-refractivity contribution in [3.63, 3.8) is 0 Å². The minimum absolute atomic E-state index is 0.348. The molecule has 0 aliphatic carbocycles. The van der Waals surface area contributed by atoms with Crippen LogP contribution in [0.15, 0.2) is 22.7 Å². The Morgan fingerprint density at radius 3 is 2.76 bits per heavy atom. The van der Waals surface area contributed by atoms with Crippen molar-refractivity contribution in [2.75, 3.05) is 13.2 Å². The third-order valence-corrected chi connectivity index (χ3v) is 3.92. The molecule has 1 atom stereocenters. The smallest absolute Gasteiger partial charge is 0.130 e. The van der Waals surface area contributed by atoms with E-state index in [-0.39, 0.29) is 5.82 Å². The van der Waals surface area contributed by atoms with Gasteiger partial charge >= 0.3 is 0 Å². The summed E-state index contributed by atoms with van der Waals surface area (Å²) >= 11 is 3.29. The van der Waals surface area contributed by atoms with Crippen LogP contribution in [0.3, 0.4) is 0 Å². The minimum atomic E-state index is -0.742. The first-order valence-electron chi connectivity index (χ1n) is 5.88. The predicted octanol–water partition coefficient (Wildman–Crippen LogP) is 3.44. The Hall–Kier alpha value is -0.450. The van der Waals surface area contributed by atoms with Crippen LogP contribution in [0, 0.1) is 11.7 Å². The highest BCUT2D eigenvalue weighted by Gasteiger charge is 2.22. The Morgan fingerprint density at radius 1 is 1.41 bits per heavy atom. The third kappa shape index (κ3) is 3.27. The van der Waals surface area contributed by atoms with Gasteiger partial charge in [-0.2, -0.15) is 0 Å². The topological polar surface area (TPSA) is 29.5 Å². The van der Waals surface area contributed by atoms with E-state index >= 15 is 0 Å². The van der Waals surface area contributed by atoms with Gasteiger partial charge in [-0.25, -0.2) is 4.39 Å². The first-order chi connectivity index (χ1) is 8.18. The molecule has 1 aromatic rings. The third-order valence-electron chi connectivity index (χ3n) is 3.23. The van der Waals surface area contributed by atoms with Crippen LogP contribution in [0.4, 0.5) is 4.39 Å². The van der Waals surface area contributed by atoms with Crippen LogP contribution < -0.4 is 0 Å². The molecular formula is C13H16BrFO2. The van der Waals surface area contributed by atoms with Crippen LogP contribution in [-0.2, 0) is 4.74 Å². The lowest BCUT2D eigenvalue weighted by atomic mass is 9.91. The van der Waals surface area contributed by atoms with Crippen LogP contribution >= 0.6 is 15.9 Å². The summed E-state index contributed by atoms with van der Waals surface area (Å²) in [6, 6.07) is 4.77. The number of hydrogen-bond donors (Lipinski definition) is 1. The van der Waals surface area contributed by atoms with Gasteiger partial charge in [0.15, 0.2) is 0 Å². The van der Waals surface area contributed by atoms with Crippen molar-refractivity contribution in [2.45, 2.75) is 25.4 Å². The highest BCUT2D eigenvalue weighted by atomic mass is 79.9. The van der Waals surface area contributed by atoms with Gasteiger partial charge in [-0.3, -0.25) is 0 Å². The monoisotopic (exact) mass is 302 g/mol. The van der Waals surface area contributed by atoms with Crippen LogP contribution in [0.1, 0.15) is 30.9 Å². The molecule has 1 fully saturated rings. The normalized spacial score (nSPS) is 19.2. The zero-order valence-electron chi connectivity index (χ0n) is 9.53. The van der Waals surface area contributed by atoms with Gasteiger partial charge < -0.3 is 9.84 Å². The van der Waals surface area contributed by atoms with Crippen molar-refractivity contribution in [2.24, 2.45) is 5.92 Å². The van der Waals surface area contributed by atoms with Gasteiger partial charge in [0, 0.05) is 23.2 Å². The number of benzene rings is 1. The summed E-state index contributed by atoms with van der Waals surface area (Å²) in [4.78, 5) is 0. The molecule has 1 aliphatic heterocycles. The molecule has 2 rings (SSSR count). The maximum absolute atomic E-state index is 13.6. The Balaban J connectivity index is 2.05. The van der Waals surface area contributed by atoms with Crippen LogP contribution in [0.25, 0.3) is 0 Å². The molecule has 0 spiro atoms. The maximum atomic E-state index is 13.6. The summed E-state index contributed by atoms with van der Waals surface area (Å²) in [5.41, 5.74) is 0.374. The molecule has 1 aliphatic rings. The average Bonchev–Trinajstić information content (AvgIpc) is 2.30. The van der Waals surface area contributed by atoms with Gasteiger partial charge in [-0.05, 0) is 37.3 Å². The van der Waals surface area contributed by atoms with E-state index in [9.17, 15) is 9.50 Å². The summed E-state index contributed by atoms with van der Waals surface area (Å²) in [7, 11) is 0. The fraction of sp³-hybridized carbons (Fsp3) is 0.538. The number of aliphatic hydroxyl groups excluding tert-OH is 1. The van der Waals surface area contributed by atoms with E-state index in [1.54, 1.807) is 12.1 Å². The molecular weight excluding hydrogens is 287 g/mol. The predicted molar refractivity (Wildman–Crippen MR) is 67.2 cm³/mol. The van der Waals surface area contributed by atoms with Gasteiger partial charge in [0.05, 0.1) is 6.10 Å². The molecule has 0 aromatic heterocycles. The van der Waals surface area contributed by atoms with E-state index in [0.29, 0.717) is 22.4 Å². The van der Waals surface area contributed by atoms with Gasteiger partial charge in [0.25, 0.3) is 0 Å². The number of halogens is 2. The summed E-state index contributed by atoms with van der Waals surface area (Å²) in [5, 5.41) is 10.1. The number of ether oxygens (including phenoxy) is 1. The second-order valence-electron chi connectivity index (χ2n) is 4.44. The number of aliphatic hydroxyl groups is 1. The Kier molecular flexibility index (Phi) is 4.54. The van der Waals surface area contributed by atoms with Gasteiger partial charge in [-0.1, -0.05) is 22.0 Å². The summed E-state index contributed by atoms with van der Waals surface area (Å²) in [6.07, 6.45) is 1.75. The van der Waals surface area contributed by atoms with Crippen LogP contribution in [0.2, 0.25) is 0 Å². The van der Waals surface area contributed by atoms with Crippen molar-refractivity contribution in [1.29, 1.82) is 0 Å². The SMILES string of the molecule is OC(CC1CCOCC1)c1c(F)cccc1Br. The zero-order chi connectivity index (χ0) is 12.3. The Morgan fingerprint density at radius 2 is 2.12 bits per heavy atom. The largest absolute Gasteiger partial charge is 0.388 e. The lowest BCUT2D eigenvalue weighted by Crippen LogP contribution is -2.18. The first kappa shape index (κ1) is 13.0. The summed E-state index contributed by atoms with van der Waals surface area (Å²) in [6.45, 7) is 1.49. The van der Waals surface area contributed by atoms with Gasteiger partial charge in [0.1, 0.15) is 5.82 Å². The Bertz CT molecular complexity index is 357. The summed E-state index contributed by atoms with van der Waals surface area (Å²) in [5.74, 6) is 0.0733. The standard InChI is InChI=1S/C13H16BrFO2/c14-10-2-1-3-11(15)13(10)12(16)8-9-4-6-17-7-5-9/h1-3,9,12,16H,4-8H2. The first-order valence-corrected chi connectivity index (χ1v) is 6.67. The van der Waals surface area contributed by atoms with Crippen molar-refractivity contribution >= 4 is 15.9 Å². The van der Waals surface area contributed by atoms with Crippen molar-refractivity contribution in [3.05, 3.63) is 34.1 Å². The molecule has 0 radical (unpaired) electrons. The second-order valence-corrected chi connectivity index (χ2v) is 5.30. The molecule has 1 N–H and O–H groups in total. The molecule has 0 bridgehead atoms. The molecule has 1 heterocycles. The lowest BCUT2D eigenvalue weighted by Gasteiger charge is -2.25. The van der Waals surface area contributed by atoms with E-state index in [1.807, 2.05) is 0 Å².